The summed E-state index contributed by atoms with van der Waals surface area (Å²) in [6.45, 7) is 4.01. The number of guanidine groups is 1. The summed E-state index contributed by atoms with van der Waals surface area (Å²) in [6, 6.07) is 8.74. The van der Waals surface area contributed by atoms with E-state index in [1.165, 1.54) is 24.9 Å². The van der Waals surface area contributed by atoms with E-state index in [1.807, 2.05) is 25.2 Å². The number of piperazine rings is 1. The van der Waals surface area contributed by atoms with Crippen LogP contribution in [0.25, 0.3) is 0 Å². The minimum atomic E-state index is 0. The Morgan fingerprint density at radius 2 is 1.95 bits per heavy atom. The van der Waals surface area contributed by atoms with Crippen molar-refractivity contribution in [1.82, 2.24) is 10.2 Å². The van der Waals surface area contributed by atoms with Crippen molar-refractivity contribution >= 4 is 47.2 Å². The van der Waals surface area contributed by atoms with Crippen molar-refractivity contribution in [3.8, 4) is 0 Å². The van der Waals surface area contributed by atoms with Crippen LogP contribution in [0.4, 0.5) is 5.69 Å². The smallest absolute Gasteiger partial charge is 0.193 e. The van der Waals surface area contributed by atoms with Gasteiger partial charge in [-0.15, -0.1) is 24.0 Å². The largest absolute Gasteiger partial charge is 0.368 e. The third kappa shape index (κ3) is 4.19. The van der Waals surface area contributed by atoms with Crippen LogP contribution in [0, 0.1) is 0 Å². The highest BCUT2D eigenvalue weighted by molar-refractivity contribution is 14.0. The van der Waals surface area contributed by atoms with E-state index in [4.69, 9.17) is 11.6 Å². The molecular weight excluding hydrogens is 411 g/mol. The second-order valence-corrected chi connectivity index (χ2v) is 6.21. The lowest BCUT2D eigenvalue weighted by Crippen LogP contribution is -2.55. The Morgan fingerprint density at radius 1 is 1.23 bits per heavy atom. The van der Waals surface area contributed by atoms with Crippen molar-refractivity contribution in [3.05, 3.63) is 29.3 Å². The first kappa shape index (κ1) is 17.7. The van der Waals surface area contributed by atoms with Crippen LogP contribution in [0.5, 0.6) is 0 Å². The first-order chi connectivity index (χ1) is 10.3. The molecule has 1 aromatic rings. The number of rotatable bonds is 2. The van der Waals surface area contributed by atoms with Gasteiger partial charge in [-0.25, -0.2) is 0 Å². The van der Waals surface area contributed by atoms with Crippen LogP contribution in [0.2, 0.25) is 5.02 Å². The molecular formula is C16H24ClIN4. The number of nitrogens with zero attached hydrogens (tertiary/aromatic N) is 3. The number of nitrogens with one attached hydrogen (secondary N) is 1. The van der Waals surface area contributed by atoms with Gasteiger partial charge in [-0.3, -0.25) is 4.99 Å². The topological polar surface area (TPSA) is 30.9 Å². The number of hydrogen-bond donors (Lipinski definition) is 1. The molecule has 1 saturated carbocycles. The molecule has 0 unspecified atom stereocenters. The molecule has 2 fully saturated rings. The van der Waals surface area contributed by atoms with E-state index in [1.54, 1.807) is 0 Å². The van der Waals surface area contributed by atoms with Crippen molar-refractivity contribution in [2.75, 3.05) is 38.1 Å². The van der Waals surface area contributed by atoms with Gasteiger partial charge in [-0.2, -0.15) is 0 Å². The number of benzene rings is 1. The number of anilines is 1. The lowest BCUT2D eigenvalue weighted by Gasteiger charge is -2.39. The van der Waals surface area contributed by atoms with Gasteiger partial charge in [0.05, 0.1) is 0 Å². The molecule has 1 heterocycles. The zero-order valence-electron chi connectivity index (χ0n) is 13.0. The summed E-state index contributed by atoms with van der Waals surface area (Å²) in [4.78, 5) is 9.19. The minimum Gasteiger partial charge on any atom is -0.368 e. The van der Waals surface area contributed by atoms with Gasteiger partial charge in [-0.1, -0.05) is 17.7 Å². The fourth-order valence-corrected chi connectivity index (χ4v) is 3.07. The average Bonchev–Trinajstić information content (AvgIpc) is 2.47. The Labute approximate surface area is 154 Å². The fourth-order valence-electron chi connectivity index (χ4n) is 2.88. The van der Waals surface area contributed by atoms with Gasteiger partial charge in [0, 0.05) is 50.0 Å². The van der Waals surface area contributed by atoms with E-state index in [0.717, 1.165) is 37.2 Å². The Bertz CT molecular complexity index is 511. The van der Waals surface area contributed by atoms with Crippen LogP contribution < -0.4 is 10.2 Å². The van der Waals surface area contributed by atoms with Gasteiger partial charge in [-0.05, 0) is 37.5 Å². The summed E-state index contributed by atoms with van der Waals surface area (Å²) in [5.74, 6) is 1.06. The SMILES string of the molecule is CN=C(NC1CCC1)N1CCN(c2cccc(Cl)c2)CC1.I. The second-order valence-electron chi connectivity index (χ2n) is 5.77. The molecule has 0 bridgehead atoms. The predicted octanol–water partition coefficient (Wildman–Crippen LogP) is 3.21. The van der Waals surface area contributed by atoms with Crippen molar-refractivity contribution < 1.29 is 0 Å². The molecule has 1 aliphatic heterocycles. The first-order valence-electron chi connectivity index (χ1n) is 7.75. The third-order valence-electron chi connectivity index (χ3n) is 4.40. The number of aliphatic imine (C=N–C) groups is 1. The fraction of sp³-hybridized carbons (Fsp3) is 0.562. The van der Waals surface area contributed by atoms with Crippen LogP contribution in [-0.4, -0.2) is 50.1 Å². The molecule has 4 nitrogen and oxygen atoms in total. The highest BCUT2D eigenvalue weighted by atomic mass is 127. The highest BCUT2D eigenvalue weighted by Crippen LogP contribution is 2.21. The van der Waals surface area contributed by atoms with E-state index in [9.17, 15) is 0 Å². The molecule has 122 valence electrons. The monoisotopic (exact) mass is 434 g/mol. The normalized spacial score (nSPS) is 19.5. The molecule has 1 N–H and O–H groups in total. The Kier molecular flexibility index (Phi) is 6.62. The van der Waals surface area contributed by atoms with Crippen molar-refractivity contribution in [1.29, 1.82) is 0 Å². The van der Waals surface area contributed by atoms with E-state index >= 15 is 0 Å². The van der Waals surface area contributed by atoms with Crippen LogP contribution in [-0.2, 0) is 0 Å². The molecule has 2 aliphatic rings. The zero-order valence-corrected chi connectivity index (χ0v) is 16.1. The summed E-state index contributed by atoms with van der Waals surface area (Å²) in [5, 5.41) is 4.38. The van der Waals surface area contributed by atoms with Gasteiger partial charge in [0.25, 0.3) is 0 Å². The summed E-state index contributed by atoms with van der Waals surface area (Å²) in [5.41, 5.74) is 1.21. The molecule has 1 aromatic carbocycles. The number of halogens is 2. The number of hydrogen-bond acceptors (Lipinski definition) is 2. The highest BCUT2D eigenvalue weighted by Gasteiger charge is 2.24. The lowest BCUT2D eigenvalue weighted by atomic mass is 9.93. The quantitative estimate of drug-likeness (QED) is 0.440. The first-order valence-corrected chi connectivity index (χ1v) is 8.13. The van der Waals surface area contributed by atoms with Crippen molar-refractivity contribution in [3.63, 3.8) is 0 Å². The molecule has 0 radical (unpaired) electrons. The zero-order chi connectivity index (χ0) is 14.7. The third-order valence-corrected chi connectivity index (χ3v) is 4.64. The van der Waals surface area contributed by atoms with Gasteiger partial charge >= 0.3 is 0 Å². The summed E-state index contributed by atoms with van der Waals surface area (Å²) < 4.78 is 0. The van der Waals surface area contributed by atoms with Crippen LogP contribution in [0.1, 0.15) is 19.3 Å². The van der Waals surface area contributed by atoms with Gasteiger partial charge in [0.15, 0.2) is 5.96 Å². The van der Waals surface area contributed by atoms with Crippen LogP contribution >= 0.6 is 35.6 Å². The maximum Gasteiger partial charge on any atom is 0.193 e. The molecule has 0 aromatic heterocycles. The minimum absolute atomic E-state index is 0. The molecule has 1 saturated heterocycles. The molecule has 0 amide bonds. The molecule has 0 atom stereocenters. The van der Waals surface area contributed by atoms with E-state index < -0.39 is 0 Å². The molecule has 3 rings (SSSR count). The Balaban J connectivity index is 0.00000176. The standard InChI is InChI=1S/C16H23ClN4.HI/c1-18-16(19-14-5-3-6-14)21-10-8-20(9-11-21)15-7-2-4-13(17)12-15;/h2,4,7,12,14H,3,5-6,8-11H2,1H3,(H,18,19);1H. The average molecular weight is 435 g/mol. The Morgan fingerprint density at radius 3 is 2.50 bits per heavy atom. The molecule has 1 aliphatic carbocycles. The maximum atomic E-state index is 6.08. The van der Waals surface area contributed by atoms with E-state index in [0.29, 0.717) is 6.04 Å². The van der Waals surface area contributed by atoms with Crippen LogP contribution in [0.15, 0.2) is 29.3 Å². The van der Waals surface area contributed by atoms with E-state index in [2.05, 4.69) is 26.2 Å². The molecule has 6 heteroatoms. The van der Waals surface area contributed by atoms with Gasteiger partial charge in [0.2, 0.25) is 0 Å². The maximum absolute atomic E-state index is 6.08. The summed E-state index contributed by atoms with van der Waals surface area (Å²) in [7, 11) is 1.88. The summed E-state index contributed by atoms with van der Waals surface area (Å²) in [6.07, 6.45) is 3.90. The van der Waals surface area contributed by atoms with Gasteiger partial charge < -0.3 is 15.1 Å². The second kappa shape index (κ2) is 8.24. The van der Waals surface area contributed by atoms with Gasteiger partial charge in [0.1, 0.15) is 0 Å². The van der Waals surface area contributed by atoms with Crippen molar-refractivity contribution in [2.24, 2.45) is 4.99 Å². The van der Waals surface area contributed by atoms with Crippen LogP contribution in [0.3, 0.4) is 0 Å². The molecule has 22 heavy (non-hydrogen) atoms. The Hall–Kier alpha value is -0.690. The lowest BCUT2D eigenvalue weighted by molar-refractivity contribution is 0.332. The van der Waals surface area contributed by atoms with Crippen molar-refractivity contribution in [2.45, 2.75) is 25.3 Å². The van der Waals surface area contributed by atoms with E-state index in [-0.39, 0.29) is 24.0 Å². The molecule has 0 spiro atoms. The summed E-state index contributed by atoms with van der Waals surface area (Å²) >= 11 is 6.08. The predicted molar refractivity (Wildman–Crippen MR) is 105 cm³/mol.